The second kappa shape index (κ2) is 8.11. The van der Waals surface area contributed by atoms with Gasteiger partial charge in [0.15, 0.2) is 0 Å². The van der Waals surface area contributed by atoms with Crippen molar-refractivity contribution in [3.05, 3.63) is 71.3 Å². The van der Waals surface area contributed by atoms with Crippen LogP contribution in [0.2, 0.25) is 0 Å². The first-order valence-corrected chi connectivity index (χ1v) is 7.97. The minimum Gasteiger partial charge on any atom is -0.322 e. The molecule has 0 unspecified atom stereocenters. The zero-order valence-electron chi connectivity index (χ0n) is 14.2. The lowest BCUT2D eigenvalue weighted by Crippen LogP contribution is -2.16. The molecule has 0 fully saturated rings. The van der Waals surface area contributed by atoms with Crippen LogP contribution in [0.3, 0.4) is 0 Å². The van der Waals surface area contributed by atoms with Crippen LogP contribution in [0.4, 0.5) is 11.4 Å². The SMILES string of the molecule is CCC=C(C)C(=O)Nc1cccc(NC(=O)c2ccccc2)c1C. The van der Waals surface area contributed by atoms with Gasteiger partial charge in [0.05, 0.1) is 0 Å². The molecule has 0 aliphatic rings. The molecule has 2 aromatic rings. The van der Waals surface area contributed by atoms with Gasteiger partial charge in [-0.3, -0.25) is 9.59 Å². The molecule has 0 saturated heterocycles. The van der Waals surface area contributed by atoms with Crippen molar-refractivity contribution < 1.29 is 9.59 Å². The molecular weight excluding hydrogens is 300 g/mol. The van der Waals surface area contributed by atoms with Crippen molar-refractivity contribution in [1.29, 1.82) is 0 Å². The minimum atomic E-state index is -0.177. The highest BCUT2D eigenvalue weighted by molar-refractivity contribution is 6.06. The van der Waals surface area contributed by atoms with Crippen molar-refractivity contribution in [1.82, 2.24) is 0 Å². The van der Waals surface area contributed by atoms with Crippen LogP contribution in [0.15, 0.2) is 60.2 Å². The minimum absolute atomic E-state index is 0.133. The smallest absolute Gasteiger partial charge is 0.255 e. The van der Waals surface area contributed by atoms with Gasteiger partial charge in [0, 0.05) is 22.5 Å². The average molecular weight is 322 g/mol. The Morgan fingerprint density at radius 2 is 1.58 bits per heavy atom. The number of allylic oxidation sites excluding steroid dienone is 1. The predicted molar refractivity (Wildman–Crippen MR) is 98.3 cm³/mol. The zero-order chi connectivity index (χ0) is 17.5. The maximum absolute atomic E-state index is 12.3. The Labute approximate surface area is 142 Å². The normalized spacial score (nSPS) is 11.0. The van der Waals surface area contributed by atoms with E-state index in [0.29, 0.717) is 22.5 Å². The molecule has 124 valence electrons. The molecule has 4 nitrogen and oxygen atoms in total. The number of nitrogens with one attached hydrogen (secondary N) is 2. The van der Waals surface area contributed by atoms with E-state index >= 15 is 0 Å². The second-order valence-electron chi connectivity index (χ2n) is 5.55. The number of carbonyl (C=O) groups excluding carboxylic acids is 2. The zero-order valence-corrected chi connectivity index (χ0v) is 14.2. The van der Waals surface area contributed by atoms with E-state index in [-0.39, 0.29) is 11.8 Å². The van der Waals surface area contributed by atoms with Crippen molar-refractivity contribution in [2.75, 3.05) is 10.6 Å². The summed E-state index contributed by atoms with van der Waals surface area (Å²) >= 11 is 0. The van der Waals surface area contributed by atoms with Crippen LogP contribution in [0.5, 0.6) is 0 Å². The maximum Gasteiger partial charge on any atom is 0.255 e. The number of amides is 2. The summed E-state index contributed by atoms with van der Waals surface area (Å²) in [5.74, 6) is -0.310. The highest BCUT2D eigenvalue weighted by atomic mass is 16.2. The van der Waals surface area contributed by atoms with Crippen molar-refractivity contribution in [3.63, 3.8) is 0 Å². The van der Waals surface area contributed by atoms with Crippen LogP contribution >= 0.6 is 0 Å². The standard InChI is InChI=1S/C20H22N2O2/c1-4-9-14(2)19(23)21-17-12-8-13-18(15(17)3)22-20(24)16-10-6-5-7-11-16/h5-13H,4H2,1-3H3,(H,21,23)(H,22,24). The Kier molecular flexibility index (Phi) is 5.90. The van der Waals surface area contributed by atoms with Crippen molar-refractivity contribution in [2.24, 2.45) is 0 Å². The molecule has 2 rings (SSSR count). The molecule has 2 aromatic carbocycles. The number of anilines is 2. The Bertz CT molecular complexity index is 764. The molecular formula is C20H22N2O2. The Morgan fingerprint density at radius 1 is 0.958 bits per heavy atom. The molecule has 0 aromatic heterocycles. The fourth-order valence-electron chi connectivity index (χ4n) is 2.31. The van der Waals surface area contributed by atoms with Gasteiger partial charge < -0.3 is 10.6 Å². The van der Waals surface area contributed by atoms with Crippen molar-refractivity contribution in [3.8, 4) is 0 Å². The molecule has 0 saturated carbocycles. The first kappa shape index (κ1) is 17.5. The third kappa shape index (κ3) is 4.32. The van der Waals surface area contributed by atoms with Crippen LogP contribution in [-0.2, 0) is 4.79 Å². The number of hydrogen-bond acceptors (Lipinski definition) is 2. The predicted octanol–water partition coefficient (Wildman–Crippen LogP) is 4.54. The van der Waals surface area contributed by atoms with Crippen LogP contribution in [-0.4, -0.2) is 11.8 Å². The van der Waals surface area contributed by atoms with Crippen LogP contribution < -0.4 is 10.6 Å². The monoisotopic (exact) mass is 322 g/mol. The van der Waals surface area contributed by atoms with Crippen LogP contribution in [0.25, 0.3) is 0 Å². The van der Waals surface area contributed by atoms with E-state index in [0.717, 1.165) is 12.0 Å². The third-order valence-corrected chi connectivity index (χ3v) is 3.73. The van der Waals surface area contributed by atoms with Crippen molar-refractivity contribution in [2.45, 2.75) is 27.2 Å². The Morgan fingerprint density at radius 3 is 2.21 bits per heavy atom. The summed E-state index contributed by atoms with van der Waals surface area (Å²) in [6.45, 7) is 5.64. The quantitative estimate of drug-likeness (QED) is 0.794. The Hall–Kier alpha value is -2.88. The molecule has 0 radical (unpaired) electrons. The molecule has 2 amide bonds. The summed E-state index contributed by atoms with van der Waals surface area (Å²) < 4.78 is 0. The van der Waals surface area contributed by atoms with Gasteiger partial charge in [-0.25, -0.2) is 0 Å². The number of benzene rings is 2. The van der Waals surface area contributed by atoms with Gasteiger partial charge >= 0.3 is 0 Å². The summed E-state index contributed by atoms with van der Waals surface area (Å²) in [6.07, 6.45) is 2.69. The molecule has 24 heavy (non-hydrogen) atoms. The fourth-order valence-corrected chi connectivity index (χ4v) is 2.31. The van der Waals surface area contributed by atoms with E-state index < -0.39 is 0 Å². The van der Waals surface area contributed by atoms with Gasteiger partial charge in [0.2, 0.25) is 0 Å². The lowest BCUT2D eigenvalue weighted by atomic mass is 10.1. The number of rotatable bonds is 5. The van der Waals surface area contributed by atoms with Gasteiger partial charge in [-0.15, -0.1) is 0 Å². The van der Waals surface area contributed by atoms with Gasteiger partial charge in [-0.2, -0.15) is 0 Å². The molecule has 0 heterocycles. The van der Waals surface area contributed by atoms with Crippen LogP contribution in [0, 0.1) is 6.92 Å². The summed E-state index contributed by atoms with van der Waals surface area (Å²) in [7, 11) is 0. The van der Waals surface area contributed by atoms with E-state index in [1.807, 2.05) is 56.3 Å². The maximum atomic E-state index is 12.3. The van der Waals surface area contributed by atoms with Gasteiger partial charge in [0.1, 0.15) is 0 Å². The van der Waals surface area contributed by atoms with Gasteiger partial charge in [-0.05, 0) is 50.1 Å². The molecule has 0 spiro atoms. The lowest BCUT2D eigenvalue weighted by molar-refractivity contribution is -0.112. The van der Waals surface area contributed by atoms with Crippen molar-refractivity contribution >= 4 is 23.2 Å². The highest BCUT2D eigenvalue weighted by Gasteiger charge is 2.11. The lowest BCUT2D eigenvalue weighted by Gasteiger charge is -2.14. The highest BCUT2D eigenvalue weighted by Crippen LogP contribution is 2.24. The summed E-state index contributed by atoms with van der Waals surface area (Å²) in [6, 6.07) is 14.5. The fraction of sp³-hybridized carbons (Fsp3) is 0.200. The Balaban J connectivity index is 2.17. The molecule has 0 aliphatic heterocycles. The number of carbonyl (C=O) groups is 2. The van der Waals surface area contributed by atoms with E-state index in [1.54, 1.807) is 19.1 Å². The topological polar surface area (TPSA) is 58.2 Å². The summed E-state index contributed by atoms with van der Waals surface area (Å²) in [5, 5.41) is 5.78. The molecule has 2 N–H and O–H groups in total. The van der Waals surface area contributed by atoms with Gasteiger partial charge in [0.25, 0.3) is 11.8 Å². The number of hydrogen-bond donors (Lipinski definition) is 2. The summed E-state index contributed by atoms with van der Waals surface area (Å²) in [5.41, 5.74) is 3.46. The first-order valence-electron chi connectivity index (χ1n) is 7.97. The van der Waals surface area contributed by atoms with E-state index in [4.69, 9.17) is 0 Å². The summed E-state index contributed by atoms with van der Waals surface area (Å²) in [4.78, 5) is 24.4. The molecule has 0 bridgehead atoms. The van der Waals surface area contributed by atoms with E-state index in [2.05, 4.69) is 10.6 Å². The van der Waals surface area contributed by atoms with Gasteiger partial charge in [-0.1, -0.05) is 37.3 Å². The molecule has 0 aliphatic carbocycles. The largest absolute Gasteiger partial charge is 0.322 e. The molecule has 4 heteroatoms. The molecule has 0 atom stereocenters. The van der Waals surface area contributed by atoms with Crippen LogP contribution in [0.1, 0.15) is 36.2 Å². The van der Waals surface area contributed by atoms with E-state index in [9.17, 15) is 9.59 Å². The average Bonchev–Trinajstić information content (AvgIpc) is 2.59. The second-order valence-corrected chi connectivity index (χ2v) is 5.55. The first-order chi connectivity index (χ1) is 11.5. The third-order valence-electron chi connectivity index (χ3n) is 3.73. The van der Waals surface area contributed by atoms with E-state index in [1.165, 1.54) is 0 Å².